The molecule has 22 heteroatoms. The van der Waals surface area contributed by atoms with Crippen molar-refractivity contribution in [1.82, 2.24) is 49.4 Å². The van der Waals surface area contributed by atoms with Gasteiger partial charge in [-0.3, -0.25) is 28.5 Å². The van der Waals surface area contributed by atoms with Gasteiger partial charge in [0.25, 0.3) is 5.56 Å². The van der Waals surface area contributed by atoms with Crippen molar-refractivity contribution in [3.05, 3.63) is 90.4 Å². The van der Waals surface area contributed by atoms with Crippen molar-refractivity contribution in [1.29, 1.82) is 0 Å². The van der Waals surface area contributed by atoms with Crippen LogP contribution in [0.25, 0.3) is 11.2 Å². The van der Waals surface area contributed by atoms with Crippen LogP contribution in [0.5, 0.6) is 6.01 Å². The first-order chi connectivity index (χ1) is 29.3. The average molecular weight is 848 g/mol. The molecule has 1 aliphatic rings. The van der Waals surface area contributed by atoms with Gasteiger partial charge in [0.1, 0.15) is 36.3 Å². The van der Waals surface area contributed by atoms with E-state index in [1.165, 1.54) is 22.4 Å². The van der Waals surface area contributed by atoms with Gasteiger partial charge in [0.15, 0.2) is 11.5 Å². The van der Waals surface area contributed by atoms with Crippen LogP contribution in [0.15, 0.2) is 51.0 Å². The molecule has 0 radical (unpaired) electrons. The lowest BCUT2D eigenvalue weighted by Gasteiger charge is -2.18. The van der Waals surface area contributed by atoms with Crippen molar-refractivity contribution in [2.75, 3.05) is 32.7 Å². The summed E-state index contributed by atoms with van der Waals surface area (Å²) < 4.78 is 20.7. The average Bonchev–Trinajstić information content (AvgIpc) is 3.96. The number of amides is 1. The zero-order valence-corrected chi connectivity index (χ0v) is 33.7. The highest BCUT2D eigenvalue weighted by molar-refractivity contribution is 5.87. The molecule has 1 aliphatic heterocycles. The molecule has 4 unspecified atom stereocenters. The summed E-state index contributed by atoms with van der Waals surface area (Å²) in [6.07, 6.45) is 3.79. The molecule has 1 amide bonds. The van der Waals surface area contributed by atoms with Crippen molar-refractivity contribution < 1.29 is 38.8 Å². The van der Waals surface area contributed by atoms with Crippen LogP contribution in [0.4, 0.5) is 5.82 Å². The largest absolute Gasteiger partial charge is 0.480 e. The first-order valence-electron chi connectivity index (χ1n) is 19.8. The van der Waals surface area contributed by atoms with E-state index in [4.69, 9.17) is 19.9 Å². The van der Waals surface area contributed by atoms with Crippen LogP contribution in [0.2, 0.25) is 0 Å². The number of nitrogen functional groups attached to an aromatic ring is 1. The molecular weight excluding hydrogens is 798 g/mol. The van der Waals surface area contributed by atoms with Crippen LogP contribution in [0.1, 0.15) is 79.6 Å². The number of ether oxygens (including phenoxy) is 3. The number of aromatic nitrogens is 9. The minimum atomic E-state index is -1.19. The lowest BCUT2D eigenvalue weighted by molar-refractivity contribution is -0.142. The van der Waals surface area contributed by atoms with Crippen molar-refractivity contribution in [3.8, 4) is 6.01 Å². The summed E-state index contributed by atoms with van der Waals surface area (Å²) in [5.41, 5.74) is 7.80. The number of carbonyl (C=O) groups is 3. The monoisotopic (exact) mass is 847 g/mol. The number of carboxylic acids is 1. The fourth-order valence-electron chi connectivity index (χ4n) is 7.12. The highest BCUT2D eigenvalue weighted by Crippen LogP contribution is 2.36. The molecule has 22 nitrogen and oxygen atoms in total. The molecule has 0 aliphatic carbocycles. The number of rotatable bonds is 22. The fraction of sp³-hybridized carbons (Fsp3) is 0.487. The summed E-state index contributed by atoms with van der Waals surface area (Å²) >= 11 is 0. The summed E-state index contributed by atoms with van der Waals surface area (Å²) in [5, 5.41) is 30.6. The number of aryl methyl sites for hydroxylation is 3. The van der Waals surface area contributed by atoms with E-state index in [0.717, 1.165) is 11.1 Å². The standard InChI is InChI=1S/C39H49N11O11/c1-22-19-48(39(58)46-35(22)54)31-17-28(29(21-51)61-31)50-25(18-41-47-50)5-3-4-6-27(36(55)56)42-30(53)14-13-26(52)12-11-23-7-9-24(10-8-23)20-49-34-32(43-38(49)57)33(40)44-37(45-34)60-16-15-59-2/h7-10,18-19,27-29,31,51H,3-6,11-17,20-21H2,1-2H3,(H,42,53)(H,43,57)(H,55,56)(H2,40,44,45)(H,46,54,58). The first-order valence-corrected chi connectivity index (χ1v) is 19.8. The summed E-state index contributed by atoms with van der Waals surface area (Å²) in [7, 11) is 1.54. The first kappa shape index (κ1) is 44.0. The van der Waals surface area contributed by atoms with Crippen LogP contribution in [0.3, 0.4) is 0 Å². The molecular formula is C39H49N11O11. The SMILES string of the molecule is COCCOc1nc(N)c2[nH]c(=O)n(Cc3ccc(CCC(=O)CCC(=O)NC(CCCCc4cnnn4C4CC(n5cc(C)c(=O)[nH]c5=O)OC4CO)C(=O)O)cc3)c2n1. The number of nitrogens with zero attached hydrogens (tertiary/aromatic N) is 7. The van der Waals surface area contributed by atoms with Gasteiger partial charge in [-0.05, 0) is 43.7 Å². The second kappa shape index (κ2) is 20.2. The Morgan fingerprint density at radius 1 is 1.02 bits per heavy atom. The number of unbranched alkanes of at least 4 members (excludes halogenated alkanes) is 1. The third kappa shape index (κ3) is 11.0. The second-order valence-corrected chi connectivity index (χ2v) is 14.8. The molecule has 0 saturated carbocycles. The normalized spacial score (nSPS) is 16.8. The number of nitrogens with two attached hydrogens (primary N) is 1. The van der Waals surface area contributed by atoms with Gasteiger partial charge in [0.2, 0.25) is 5.91 Å². The maximum atomic E-state index is 12.7. The predicted octanol–water partition coefficient (Wildman–Crippen LogP) is 0.311. The van der Waals surface area contributed by atoms with Crippen LogP contribution in [-0.2, 0) is 43.2 Å². The topological polar surface area (TPSA) is 307 Å². The Balaban J connectivity index is 0.926. The number of carbonyl (C=O) groups excluding carboxylic acids is 2. The van der Waals surface area contributed by atoms with Gasteiger partial charge in [0.05, 0.1) is 37.7 Å². The number of aliphatic hydroxyl groups excluding tert-OH is 1. The Bertz CT molecular complexity index is 2510. The van der Waals surface area contributed by atoms with Gasteiger partial charge in [-0.15, -0.1) is 5.10 Å². The number of anilines is 1. The van der Waals surface area contributed by atoms with Gasteiger partial charge in [-0.25, -0.2) is 19.1 Å². The lowest BCUT2D eigenvalue weighted by atomic mass is 10.0. The number of nitrogens with one attached hydrogen (secondary N) is 3. The number of hydrogen-bond acceptors (Lipinski definition) is 15. The number of aliphatic hydroxyl groups is 1. The molecule has 0 bridgehead atoms. The lowest BCUT2D eigenvalue weighted by Crippen LogP contribution is -2.40. The van der Waals surface area contributed by atoms with E-state index >= 15 is 0 Å². The number of ketones is 1. The fourth-order valence-corrected chi connectivity index (χ4v) is 7.12. The van der Waals surface area contributed by atoms with E-state index in [0.29, 0.717) is 54.7 Å². The summed E-state index contributed by atoms with van der Waals surface area (Å²) in [6.45, 7) is 1.94. The highest BCUT2D eigenvalue weighted by atomic mass is 16.5. The molecule has 61 heavy (non-hydrogen) atoms. The number of imidazole rings is 1. The minimum absolute atomic E-state index is 0.0213. The van der Waals surface area contributed by atoms with E-state index in [1.807, 2.05) is 24.3 Å². The summed E-state index contributed by atoms with van der Waals surface area (Å²) in [4.78, 5) is 87.8. The Labute approximate surface area is 347 Å². The third-order valence-corrected chi connectivity index (χ3v) is 10.4. The number of benzene rings is 1. The van der Waals surface area contributed by atoms with Crippen molar-refractivity contribution in [2.45, 2.75) is 95.7 Å². The predicted molar refractivity (Wildman–Crippen MR) is 216 cm³/mol. The van der Waals surface area contributed by atoms with Crippen molar-refractivity contribution in [2.24, 2.45) is 0 Å². The van der Waals surface area contributed by atoms with Crippen LogP contribution >= 0.6 is 0 Å². The Morgan fingerprint density at radius 2 is 1.79 bits per heavy atom. The van der Waals surface area contributed by atoms with Gasteiger partial charge in [-0.2, -0.15) is 9.97 Å². The molecule has 4 aromatic heterocycles. The summed E-state index contributed by atoms with van der Waals surface area (Å²) in [6, 6.07) is 5.79. The van der Waals surface area contributed by atoms with Crippen molar-refractivity contribution >= 4 is 34.6 Å². The molecule has 5 heterocycles. The van der Waals surface area contributed by atoms with Crippen LogP contribution in [0, 0.1) is 6.92 Å². The molecule has 1 saturated heterocycles. The molecule has 0 spiro atoms. The molecule has 326 valence electrons. The number of H-pyrrole nitrogens is 2. The summed E-state index contributed by atoms with van der Waals surface area (Å²) in [5.74, 6) is -1.80. The van der Waals surface area contributed by atoms with E-state index < -0.39 is 53.2 Å². The Hall–Kier alpha value is -6.52. The Morgan fingerprint density at radius 3 is 2.52 bits per heavy atom. The van der Waals surface area contributed by atoms with Gasteiger partial charge >= 0.3 is 23.4 Å². The van der Waals surface area contributed by atoms with E-state index in [1.54, 1.807) is 17.8 Å². The maximum absolute atomic E-state index is 12.7. The Kier molecular flexibility index (Phi) is 14.6. The number of hydrogen-bond donors (Lipinski definition) is 6. The highest BCUT2D eigenvalue weighted by Gasteiger charge is 2.39. The number of Topliss-reactive ketones (excluding diaryl/α,β-unsaturated/α-hetero) is 1. The van der Waals surface area contributed by atoms with Crippen molar-refractivity contribution in [3.63, 3.8) is 0 Å². The number of aliphatic carboxylic acids is 1. The molecule has 1 fully saturated rings. The van der Waals surface area contributed by atoms with E-state index in [2.05, 4.69) is 35.6 Å². The quantitative estimate of drug-likeness (QED) is 0.0511. The zero-order chi connectivity index (χ0) is 43.6. The number of methoxy groups -OCH3 is 1. The molecule has 4 atom stereocenters. The van der Waals surface area contributed by atoms with E-state index in [9.17, 15) is 39.0 Å². The molecule has 7 N–H and O–H groups in total. The minimum Gasteiger partial charge on any atom is -0.480 e. The molecule has 6 rings (SSSR count). The second-order valence-electron chi connectivity index (χ2n) is 14.8. The maximum Gasteiger partial charge on any atom is 0.330 e. The molecule has 5 aromatic rings. The van der Waals surface area contributed by atoms with E-state index in [-0.39, 0.29) is 69.5 Å². The van der Waals surface area contributed by atoms with Gasteiger partial charge < -0.3 is 40.5 Å². The smallest absolute Gasteiger partial charge is 0.330 e. The zero-order valence-electron chi connectivity index (χ0n) is 33.7. The number of carboxylic acid groups (broad SMARTS) is 1. The number of fused-ring (bicyclic) bond motifs is 1. The van der Waals surface area contributed by atoms with Gasteiger partial charge in [0, 0.05) is 44.6 Å². The van der Waals surface area contributed by atoms with Crippen LogP contribution < -0.4 is 32.7 Å². The van der Waals surface area contributed by atoms with Crippen LogP contribution in [-0.4, -0.2) is 111 Å². The van der Waals surface area contributed by atoms with Gasteiger partial charge in [-0.1, -0.05) is 35.9 Å². The molecule has 1 aromatic carbocycles. The third-order valence-electron chi connectivity index (χ3n) is 10.4. The number of aromatic amines is 2.